The summed E-state index contributed by atoms with van der Waals surface area (Å²) in [6.45, 7) is 1.19. The molecule has 2 heterocycles. The largest absolute Gasteiger partial charge is 0.346 e. The number of aromatic nitrogens is 2. The average Bonchev–Trinajstić information content (AvgIpc) is 2.85. The quantitative estimate of drug-likeness (QED) is 0.752. The molecular weight excluding hydrogens is 241 g/mol. The summed E-state index contributed by atoms with van der Waals surface area (Å²) in [5.74, 6) is -0.171. The summed E-state index contributed by atoms with van der Waals surface area (Å²) in [6, 6.07) is 10.8. The Bertz CT molecular complexity index is 690. The average molecular weight is 255 g/mol. The Morgan fingerprint density at radius 1 is 1.05 bits per heavy atom. The van der Waals surface area contributed by atoms with Crippen LogP contribution in [0.2, 0.25) is 0 Å². The Labute approximate surface area is 110 Å². The van der Waals surface area contributed by atoms with Crippen LogP contribution in [-0.4, -0.2) is 9.97 Å². The highest BCUT2D eigenvalue weighted by atomic mass is 19.1. The highest BCUT2D eigenvalue weighted by molar-refractivity contribution is 5.79. The van der Waals surface area contributed by atoms with Crippen LogP contribution in [0.15, 0.2) is 48.8 Å². The van der Waals surface area contributed by atoms with Crippen molar-refractivity contribution in [3.05, 3.63) is 65.7 Å². The summed E-state index contributed by atoms with van der Waals surface area (Å²) in [5, 5.41) is 4.35. The lowest BCUT2D eigenvalue weighted by atomic mass is 10.2. The molecular formula is C15H14FN3. The van der Waals surface area contributed by atoms with Crippen LogP contribution in [0.5, 0.6) is 0 Å². The molecule has 0 aliphatic carbocycles. The van der Waals surface area contributed by atoms with Crippen LogP contribution in [0.25, 0.3) is 11.0 Å². The molecule has 0 aliphatic rings. The molecule has 0 saturated heterocycles. The third kappa shape index (κ3) is 2.48. The topological polar surface area (TPSA) is 40.7 Å². The monoisotopic (exact) mass is 255 g/mol. The number of nitrogens with zero attached hydrogens (tertiary/aromatic N) is 1. The van der Waals surface area contributed by atoms with Crippen molar-refractivity contribution in [2.75, 3.05) is 0 Å². The number of halogens is 1. The van der Waals surface area contributed by atoms with Gasteiger partial charge in [0.05, 0.1) is 0 Å². The van der Waals surface area contributed by atoms with Gasteiger partial charge in [0.2, 0.25) is 0 Å². The van der Waals surface area contributed by atoms with E-state index in [-0.39, 0.29) is 5.82 Å². The molecule has 3 nitrogen and oxygen atoms in total. The lowest BCUT2D eigenvalue weighted by molar-refractivity contribution is 0.588. The van der Waals surface area contributed by atoms with Gasteiger partial charge in [-0.1, -0.05) is 18.2 Å². The zero-order chi connectivity index (χ0) is 13.1. The molecule has 3 rings (SSSR count). The van der Waals surface area contributed by atoms with Gasteiger partial charge in [-0.25, -0.2) is 9.37 Å². The Kier molecular flexibility index (Phi) is 3.25. The summed E-state index contributed by atoms with van der Waals surface area (Å²) in [5.41, 5.74) is 2.70. The van der Waals surface area contributed by atoms with E-state index in [1.807, 2.05) is 24.4 Å². The first-order valence-electron chi connectivity index (χ1n) is 6.20. The van der Waals surface area contributed by atoms with Crippen LogP contribution < -0.4 is 5.32 Å². The van der Waals surface area contributed by atoms with Crippen molar-refractivity contribution in [2.45, 2.75) is 13.1 Å². The minimum Gasteiger partial charge on any atom is -0.346 e. The Balaban J connectivity index is 1.68. The maximum Gasteiger partial charge on any atom is 0.137 e. The van der Waals surface area contributed by atoms with Crippen LogP contribution in [0.3, 0.4) is 0 Å². The molecule has 2 N–H and O–H groups in total. The van der Waals surface area contributed by atoms with Gasteiger partial charge in [0, 0.05) is 36.4 Å². The number of nitrogens with one attached hydrogen (secondary N) is 2. The molecule has 96 valence electrons. The second kappa shape index (κ2) is 5.20. The third-order valence-corrected chi connectivity index (χ3v) is 3.13. The fourth-order valence-electron chi connectivity index (χ4n) is 2.13. The number of benzene rings is 1. The molecule has 0 amide bonds. The maximum absolute atomic E-state index is 13.5. The Morgan fingerprint density at radius 2 is 1.89 bits per heavy atom. The van der Waals surface area contributed by atoms with Crippen LogP contribution in [0, 0.1) is 5.82 Å². The van der Waals surface area contributed by atoms with Crippen molar-refractivity contribution in [1.29, 1.82) is 0 Å². The molecule has 3 aromatic rings. The summed E-state index contributed by atoms with van der Waals surface area (Å²) < 4.78 is 13.5. The van der Waals surface area contributed by atoms with Gasteiger partial charge in [-0.05, 0) is 23.8 Å². The molecule has 0 spiro atoms. The molecule has 0 saturated carbocycles. The lowest BCUT2D eigenvalue weighted by Gasteiger charge is -2.05. The van der Waals surface area contributed by atoms with Gasteiger partial charge >= 0.3 is 0 Å². The standard InChI is InChI=1S/C15H14FN3/c16-14-6-2-1-4-11(14)8-17-9-12-10-19-15-13(12)5-3-7-18-15/h1-7,10,17H,8-9H2,(H,18,19). The predicted octanol–water partition coefficient (Wildman–Crippen LogP) is 2.99. The Hall–Kier alpha value is -2.20. The Morgan fingerprint density at radius 3 is 2.79 bits per heavy atom. The van der Waals surface area contributed by atoms with Gasteiger partial charge in [-0.15, -0.1) is 0 Å². The smallest absolute Gasteiger partial charge is 0.137 e. The van der Waals surface area contributed by atoms with E-state index in [4.69, 9.17) is 0 Å². The van der Waals surface area contributed by atoms with Crippen molar-refractivity contribution >= 4 is 11.0 Å². The van der Waals surface area contributed by atoms with E-state index < -0.39 is 0 Å². The van der Waals surface area contributed by atoms with Gasteiger partial charge < -0.3 is 10.3 Å². The van der Waals surface area contributed by atoms with E-state index in [1.54, 1.807) is 18.3 Å². The lowest BCUT2D eigenvalue weighted by Crippen LogP contribution is -2.13. The van der Waals surface area contributed by atoms with Gasteiger partial charge in [-0.2, -0.15) is 0 Å². The van der Waals surface area contributed by atoms with Crippen molar-refractivity contribution in [2.24, 2.45) is 0 Å². The normalized spacial score (nSPS) is 11.0. The molecule has 4 heteroatoms. The van der Waals surface area contributed by atoms with Crippen LogP contribution in [0.1, 0.15) is 11.1 Å². The second-order valence-corrected chi connectivity index (χ2v) is 4.41. The molecule has 0 fully saturated rings. The van der Waals surface area contributed by atoms with Crippen LogP contribution in [0.4, 0.5) is 4.39 Å². The van der Waals surface area contributed by atoms with Gasteiger partial charge in [0.25, 0.3) is 0 Å². The molecule has 0 atom stereocenters. The molecule has 0 radical (unpaired) electrons. The minimum atomic E-state index is -0.171. The molecule has 0 aliphatic heterocycles. The predicted molar refractivity (Wildman–Crippen MR) is 73.0 cm³/mol. The minimum absolute atomic E-state index is 0.171. The van der Waals surface area contributed by atoms with E-state index in [0.717, 1.165) is 16.6 Å². The first kappa shape index (κ1) is 11.9. The third-order valence-electron chi connectivity index (χ3n) is 3.13. The summed E-state index contributed by atoms with van der Waals surface area (Å²) in [7, 11) is 0. The van der Waals surface area contributed by atoms with E-state index in [9.17, 15) is 4.39 Å². The van der Waals surface area contributed by atoms with E-state index in [2.05, 4.69) is 15.3 Å². The van der Waals surface area contributed by atoms with Crippen molar-refractivity contribution in [3.8, 4) is 0 Å². The fourth-order valence-corrected chi connectivity index (χ4v) is 2.13. The number of H-pyrrole nitrogens is 1. The zero-order valence-electron chi connectivity index (χ0n) is 10.4. The van der Waals surface area contributed by atoms with Crippen molar-refractivity contribution < 1.29 is 4.39 Å². The summed E-state index contributed by atoms with van der Waals surface area (Å²) in [4.78, 5) is 7.36. The molecule has 0 bridgehead atoms. The summed E-state index contributed by atoms with van der Waals surface area (Å²) in [6.07, 6.45) is 3.70. The van der Waals surface area contributed by atoms with Gasteiger partial charge in [0.1, 0.15) is 11.5 Å². The highest BCUT2D eigenvalue weighted by Gasteiger charge is 2.04. The number of hydrogen-bond donors (Lipinski definition) is 2. The highest BCUT2D eigenvalue weighted by Crippen LogP contribution is 2.15. The van der Waals surface area contributed by atoms with Gasteiger partial charge in [-0.3, -0.25) is 0 Å². The molecule has 0 unspecified atom stereocenters. The molecule has 19 heavy (non-hydrogen) atoms. The van der Waals surface area contributed by atoms with Crippen LogP contribution >= 0.6 is 0 Å². The van der Waals surface area contributed by atoms with Crippen molar-refractivity contribution in [3.63, 3.8) is 0 Å². The van der Waals surface area contributed by atoms with E-state index in [1.165, 1.54) is 6.07 Å². The first-order chi connectivity index (χ1) is 9.34. The first-order valence-corrected chi connectivity index (χ1v) is 6.20. The van der Waals surface area contributed by atoms with E-state index >= 15 is 0 Å². The number of aromatic amines is 1. The van der Waals surface area contributed by atoms with Gasteiger partial charge in [0.15, 0.2) is 0 Å². The molecule has 2 aromatic heterocycles. The SMILES string of the molecule is Fc1ccccc1CNCc1c[nH]c2ncccc12. The number of fused-ring (bicyclic) bond motifs is 1. The number of pyridine rings is 1. The fraction of sp³-hybridized carbons (Fsp3) is 0.133. The zero-order valence-corrected chi connectivity index (χ0v) is 10.4. The number of hydrogen-bond acceptors (Lipinski definition) is 2. The number of rotatable bonds is 4. The van der Waals surface area contributed by atoms with E-state index in [0.29, 0.717) is 18.7 Å². The van der Waals surface area contributed by atoms with Crippen LogP contribution in [-0.2, 0) is 13.1 Å². The summed E-state index contributed by atoms with van der Waals surface area (Å²) >= 11 is 0. The second-order valence-electron chi connectivity index (χ2n) is 4.41. The molecule has 1 aromatic carbocycles. The maximum atomic E-state index is 13.5. The van der Waals surface area contributed by atoms with Crippen molar-refractivity contribution in [1.82, 2.24) is 15.3 Å².